The van der Waals surface area contributed by atoms with E-state index in [4.69, 9.17) is 0 Å². The lowest BCUT2D eigenvalue weighted by Crippen LogP contribution is -2.24. The molecule has 1 amide bonds. The highest BCUT2D eigenvalue weighted by Crippen LogP contribution is 2.30. The molecule has 0 aliphatic carbocycles. The Bertz CT molecular complexity index is 218. The van der Waals surface area contributed by atoms with Gasteiger partial charge in [-0.15, -0.1) is 0 Å². The minimum absolute atomic E-state index is 0.262. The van der Waals surface area contributed by atoms with Crippen molar-refractivity contribution in [2.24, 2.45) is 5.92 Å². The first-order chi connectivity index (χ1) is 6.91. The third-order valence-electron chi connectivity index (χ3n) is 1.68. The normalized spacial score (nSPS) is 20.0. The number of hydrogen-bond acceptors (Lipinski definition) is 3. The van der Waals surface area contributed by atoms with Gasteiger partial charge in [-0.2, -0.15) is 13.2 Å². The number of amides is 1. The zero-order chi connectivity index (χ0) is 11.9. The van der Waals surface area contributed by atoms with E-state index in [0.29, 0.717) is 13.1 Å². The number of nitrogens with one attached hydrogen (secondary N) is 1. The van der Waals surface area contributed by atoms with Crippen LogP contribution in [0.2, 0.25) is 0 Å². The van der Waals surface area contributed by atoms with E-state index in [9.17, 15) is 22.8 Å². The number of carbonyl (C=O) groups excluding carboxylic acids is 2. The lowest BCUT2D eigenvalue weighted by molar-refractivity contribution is -0.169. The van der Waals surface area contributed by atoms with Gasteiger partial charge >= 0.3 is 6.18 Å². The van der Waals surface area contributed by atoms with Crippen LogP contribution in [0, 0.1) is 5.92 Å². The van der Waals surface area contributed by atoms with Crippen LogP contribution >= 0.6 is 0 Å². The highest BCUT2D eigenvalue weighted by atomic mass is 19.4. The topological polar surface area (TPSA) is 55.4 Å². The predicted octanol–water partition coefficient (Wildman–Crippen LogP) is 0.864. The Labute approximate surface area is 84.8 Å². The van der Waals surface area contributed by atoms with Gasteiger partial charge in [-0.25, -0.2) is 0 Å². The molecule has 1 aliphatic heterocycles. The summed E-state index contributed by atoms with van der Waals surface area (Å²) >= 11 is 0. The van der Waals surface area contributed by atoms with Crippen molar-refractivity contribution in [3.8, 4) is 0 Å². The molecule has 1 N–H and O–H groups in total. The second-order valence-electron chi connectivity index (χ2n) is 2.80. The number of halogens is 3. The molecule has 1 atom stereocenters. The summed E-state index contributed by atoms with van der Waals surface area (Å²) in [7, 11) is 0. The minimum atomic E-state index is -4.22. The van der Waals surface area contributed by atoms with Gasteiger partial charge in [-0.05, 0) is 6.92 Å². The van der Waals surface area contributed by atoms with Gasteiger partial charge in [-0.3, -0.25) is 9.59 Å². The third-order valence-corrected chi connectivity index (χ3v) is 1.68. The van der Waals surface area contributed by atoms with E-state index in [1.54, 1.807) is 6.92 Å². The molecule has 1 heterocycles. The summed E-state index contributed by atoms with van der Waals surface area (Å²) in [5, 5.41) is 2.12. The molecule has 0 saturated carbocycles. The van der Waals surface area contributed by atoms with Crippen LogP contribution < -0.4 is 5.32 Å². The largest absolute Gasteiger partial charge is 0.468 e. The van der Waals surface area contributed by atoms with Crippen molar-refractivity contribution in [2.75, 3.05) is 13.2 Å². The molecule has 1 unspecified atom stereocenters. The van der Waals surface area contributed by atoms with E-state index >= 15 is 0 Å². The van der Waals surface area contributed by atoms with E-state index in [1.807, 2.05) is 0 Å². The molecule has 0 bridgehead atoms. The fourth-order valence-corrected chi connectivity index (χ4v) is 0.905. The zero-order valence-corrected chi connectivity index (χ0v) is 8.13. The van der Waals surface area contributed by atoms with Crippen LogP contribution in [-0.4, -0.2) is 31.7 Å². The molecule has 1 aliphatic rings. The van der Waals surface area contributed by atoms with E-state index in [1.165, 1.54) is 0 Å². The quantitative estimate of drug-likeness (QED) is 0.712. The molecular weight excluding hydrogens is 215 g/mol. The summed E-state index contributed by atoms with van der Waals surface area (Å²) < 4.78 is 39.4. The molecule has 1 saturated heterocycles. The minimum Gasteiger partial charge on any atom is -0.468 e. The van der Waals surface area contributed by atoms with Crippen LogP contribution in [0.15, 0.2) is 0 Å². The van der Waals surface area contributed by atoms with Crippen LogP contribution in [0.25, 0.3) is 0 Å². The van der Waals surface area contributed by atoms with Gasteiger partial charge in [0.15, 0.2) is 0 Å². The van der Waals surface area contributed by atoms with E-state index in [-0.39, 0.29) is 6.54 Å². The van der Waals surface area contributed by atoms with Crippen molar-refractivity contribution in [3.05, 3.63) is 0 Å². The molecule has 4 nitrogen and oxygen atoms in total. The van der Waals surface area contributed by atoms with E-state index in [0.717, 1.165) is 0 Å². The van der Waals surface area contributed by atoms with E-state index in [2.05, 4.69) is 10.1 Å². The highest BCUT2D eigenvalue weighted by molar-refractivity contribution is 5.78. The smallest absolute Gasteiger partial charge is 0.393 e. The molecule has 15 heavy (non-hydrogen) atoms. The van der Waals surface area contributed by atoms with Gasteiger partial charge in [0.05, 0.1) is 12.5 Å². The number of hydrogen-bond donors (Lipinski definition) is 1. The van der Waals surface area contributed by atoms with Gasteiger partial charge in [-0.1, -0.05) is 0 Å². The standard InChI is InChI=1S/C5H6F3NO.C3H6O2/c6-5(7,8)3-1-4(10)9-2-3;1-2-5-3-4/h3H,1-2H2,(H,9,10);3H,2H2,1H3. The van der Waals surface area contributed by atoms with Crippen molar-refractivity contribution < 1.29 is 27.5 Å². The van der Waals surface area contributed by atoms with Crippen LogP contribution in [-0.2, 0) is 14.3 Å². The Kier molecular flexibility index (Phi) is 5.73. The van der Waals surface area contributed by atoms with Crippen LogP contribution in [0.1, 0.15) is 13.3 Å². The average molecular weight is 227 g/mol. The second kappa shape index (κ2) is 6.26. The zero-order valence-electron chi connectivity index (χ0n) is 8.13. The SMILES string of the molecule is CCOC=O.O=C1CC(C(F)(F)F)CN1. The molecule has 88 valence electrons. The monoisotopic (exact) mass is 227 g/mol. The summed E-state index contributed by atoms with van der Waals surface area (Å²) in [4.78, 5) is 19.5. The molecular formula is C8H12F3NO3. The lowest BCUT2D eigenvalue weighted by atomic mass is 10.1. The maximum atomic E-state index is 11.7. The van der Waals surface area contributed by atoms with Crippen LogP contribution in [0.3, 0.4) is 0 Å². The van der Waals surface area contributed by atoms with E-state index < -0.39 is 24.4 Å². The molecule has 0 aromatic carbocycles. The first-order valence-electron chi connectivity index (χ1n) is 4.30. The Balaban J connectivity index is 0.000000336. The molecule has 0 aromatic rings. The summed E-state index contributed by atoms with van der Waals surface area (Å²) in [6, 6.07) is 0. The van der Waals surface area contributed by atoms with Crippen molar-refractivity contribution in [1.29, 1.82) is 0 Å². The summed E-state index contributed by atoms with van der Waals surface area (Å²) in [6.07, 6.45) is -4.64. The van der Waals surface area contributed by atoms with Gasteiger partial charge in [0.25, 0.3) is 6.47 Å². The van der Waals surface area contributed by atoms with Crippen molar-refractivity contribution in [1.82, 2.24) is 5.32 Å². The predicted molar refractivity (Wildman–Crippen MR) is 44.9 cm³/mol. The number of ether oxygens (including phenoxy) is 1. The average Bonchev–Trinajstić information content (AvgIpc) is 2.53. The maximum Gasteiger partial charge on any atom is 0.393 e. The first-order valence-corrected chi connectivity index (χ1v) is 4.30. The summed E-state index contributed by atoms with van der Waals surface area (Å²) in [6.45, 7) is 2.40. The van der Waals surface area contributed by atoms with Gasteiger partial charge in [0, 0.05) is 13.0 Å². The van der Waals surface area contributed by atoms with Gasteiger partial charge in [0.1, 0.15) is 0 Å². The third kappa shape index (κ3) is 5.92. The van der Waals surface area contributed by atoms with Crippen LogP contribution in [0.5, 0.6) is 0 Å². The Morgan fingerprint density at radius 3 is 2.33 bits per heavy atom. The first kappa shape index (κ1) is 13.7. The lowest BCUT2D eigenvalue weighted by Gasteiger charge is -2.10. The Morgan fingerprint density at radius 2 is 2.20 bits per heavy atom. The fourth-order valence-electron chi connectivity index (χ4n) is 0.905. The molecule has 0 spiro atoms. The number of rotatable bonds is 2. The second-order valence-corrected chi connectivity index (χ2v) is 2.80. The number of alkyl halides is 3. The fraction of sp³-hybridized carbons (Fsp3) is 0.750. The summed E-state index contributed by atoms with van der Waals surface area (Å²) in [5.74, 6) is -1.98. The van der Waals surface area contributed by atoms with Gasteiger partial charge in [0.2, 0.25) is 5.91 Å². The number of carbonyl (C=O) groups is 2. The van der Waals surface area contributed by atoms with Gasteiger partial charge < -0.3 is 10.1 Å². The molecule has 1 fully saturated rings. The molecule has 1 rings (SSSR count). The molecule has 7 heteroatoms. The summed E-state index contributed by atoms with van der Waals surface area (Å²) in [5.41, 5.74) is 0. The molecule has 0 radical (unpaired) electrons. The highest BCUT2D eigenvalue weighted by Gasteiger charge is 2.43. The van der Waals surface area contributed by atoms with Crippen molar-refractivity contribution in [2.45, 2.75) is 19.5 Å². The van der Waals surface area contributed by atoms with Crippen molar-refractivity contribution in [3.63, 3.8) is 0 Å². The Morgan fingerprint density at radius 1 is 1.60 bits per heavy atom. The molecule has 0 aromatic heterocycles. The maximum absolute atomic E-state index is 11.7. The van der Waals surface area contributed by atoms with Crippen LogP contribution in [0.4, 0.5) is 13.2 Å². The van der Waals surface area contributed by atoms with Crippen molar-refractivity contribution >= 4 is 12.4 Å². The Hall–Kier alpha value is -1.27.